The van der Waals surface area contributed by atoms with Gasteiger partial charge < -0.3 is 15.2 Å². The molecular formula is C17H18F4N4O. The molecule has 0 aliphatic carbocycles. The third-order valence-corrected chi connectivity index (χ3v) is 4.34. The average Bonchev–Trinajstić information content (AvgIpc) is 2.61. The van der Waals surface area contributed by atoms with Gasteiger partial charge in [-0.1, -0.05) is 6.07 Å². The number of hydrogen-bond donors (Lipinski definition) is 2. The molecule has 1 aliphatic rings. The molecule has 2 aromatic rings. The fourth-order valence-electron chi connectivity index (χ4n) is 3.07. The summed E-state index contributed by atoms with van der Waals surface area (Å²) in [4.78, 5) is 20.4. The van der Waals surface area contributed by atoms with Gasteiger partial charge in [-0.3, -0.25) is 4.79 Å². The van der Waals surface area contributed by atoms with Gasteiger partial charge in [-0.15, -0.1) is 0 Å². The number of nitrogens with zero attached hydrogens (tertiary/aromatic N) is 2. The molecule has 1 atom stereocenters. The number of rotatable bonds is 4. The third kappa shape index (κ3) is 4.21. The van der Waals surface area contributed by atoms with Crippen LogP contribution in [0.3, 0.4) is 0 Å². The summed E-state index contributed by atoms with van der Waals surface area (Å²) in [6.45, 7) is 1.39. The van der Waals surface area contributed by atoms with Gasteiger partial charge in [-0.2, -0.15) is 13.2 Å². The van der Waals surface area contributed by atoms with Gasteiger partial charge in [0, 0.05) is 38.1 Å². The molecule has 0 amide bonds. The van der Waals surface area contributed by atoms with Crippen molar-refractivity contribution in [3.05, 3.63) is 57.9 Å². The monoisotopic (exact) mass is 370 g/mol. The quantitative estimate of drug-likeness (QED) is 0.813. The van der Waals surface area contributed by atoms with Crippen LogP contribution in [0.15, 0.2) is 35.4 Å². The predicted molar refractivity (Wildman–Crippen MR) is 88.3 cm³/mol. The maximum atomic E-state index is 13.4. The van der Waals surface area contributed by atoms with Gasteiger partial charge in [0.1, 0.15) is 5.82 Å². The van der Waals surface area contributed by atoms with E-state index < -0.39 is 17.6 Å². The zero-order valence-electron chi connectivity index (χ0n) is 13.8. The highest BCUT2D eigenvalue weighted by atomic mass is 19.4. The molecule has 1 aromatic carbocycles. The molecule has 0 spiro atoms. The van der Waals surface area contributed by atoms with Crippen LogP contribution >= 0.6 is 0 Å². The first-order valence-corrected chi connectivity index (χ1v) is 8.22. The number of H-pyrrole nitrogens is 1. The summed E-state index contributed by atoms with van der Waals surface area (Å²) in [6.07, 6.45) is -0.107. The lowest BCUT2D eigenvalue weighted by molar-refractivity contribution is -0.140. The molecule has 2 N–H and O–H groups in total. The van der Waals surface area contributed by atoms with Crippen LogP contribution in [0.5, 0.6) is 0 Å². The minimum absolute atomic E-state index is 0.00968. The van der Waals surface area contributed by atoms with Gasteiger partial charge in [-0.25, -0.2) is 9.37 Å². The highest BCUT2D eigenvalue weighted by molar-refractivity contribution is 5.36. The van der Waals surface area contributed by atoms with Crippen LogP contribution in [0.2, 0.25) is 0 Å². The highest BCUT2D eigenvalue weighted by Crippen LogP contribution is 2.31. The van der Waals surface area contributed by atoms with Crippen molar-refractivity contribution < 1.29 is 17.6 Å². The van der Waals surface area contributed by atoms with Crippen molar-refractivity contribution in [2.24, 2.45) is 0 Å². The van der Waals surface area contributed by atoms with E-state index in [0.29, 0.717) is 24.5 Å². The van der Waals surface area contributed by atoms with Crippen LogP contribution < -0.4 is 15.8 Å². The minimum atomic E-state index is -4.72. The Balaban J connectivity index is 1.65. The number of benzene rings is 1. The van der Waals surface area contributed by atoms with Crippen LogP contribution in [0.25, 0.3) is 0 Å². The summed E-state index contributed by atoms with van der Waals surface area (Å²) in [5, 5.41) is 3.18. The van der Waals surface area contributed by atoms with E-state index in [9.17, 15) is 22.4 Å². The first kappa shape index (κ1) is 18.4. The summed E-state index contributed by atoms with van der Waals surface area (Å²) in [5.41, 5.74) is -1.19. The largest absolute Gasteiger partial charge is 0.419 e. The smallest absolute Gasteiger partial charge is 0.350 e. The average molecular weight is 370 g/mol. The molecule has 3 rings (SSSR count). The molecule has 1 unspecified atom stereocenters. The zero-order valence-corrected chi connectivity index (χ0v) is 13.8. The Labute approximate surface area is 147 Å². The van der Waals surface area contributed by atoms with E-state index in [2.05, 4.69) is 15.3 Å². The van der Waals surface area contributed by atoms with E-state index in [1.165, 1.54) is 18.5 Å². The van der Waals surface area contributed by atoms with Crippen molar-refractivity contribution in [2.45, 2.75) is 31.6 Å². The summed E-state index contributed by atoms with van der Waals surface area (Å²) in [7, 11) is 0. The number of hydrogen-bond acceptors (Lipinski definition) is 4. The van der Waals surface area contributed by atoms with E-state index in [1.54, 1.807) is 0 Å². The van der Waals surface area contributed by atoms with Crippen molar-refractivity contribution in [3.8, 4) is 0 Å². The number of anilines is 1. The third-order valence-electron chi connectivity index (χ3n) is 4.34. The second-order valence-corrected chi connectivity index (χ2v) is 6.22. The van der Waals surface area contributed by atoms with Crippen LogP contribution in [-0.4, -0.2) is 29.1 Å². The lowest BCUT2D eigenvalue weighted by Crippen LogP contribution is -2.47. The Hall–Kier alpha value is -2.42. The molecule has 0 saturated carbocycles. The van der Waals surface area contributed by atoms with Crippen LogP contribution in [0.4, 0.5) is 23.4 Å². The molecule has 26 heavy (non-hydrogen) atoms. The Morgan fingerprint density at radius 3 is 2.88 bits per heavy atom. The molecule has 1 aliphatic heterocycles. The normalized spacial score (nSPS) is 18.2. The Bertz CT molecular complexity index is 821. The van der Waals surface area contributed by atoms with Crippen molar-refractivity contribution in [2.75, 3.05) is 18.0 Å². The Morgan fingerprint density at radius 2 is 2.15 bits per heavy atom. The molecule has 0 bridgehead atoms. The number of nitrogens with one attached hydrogen (secondary N) is 2. The summed E-state index contributed by atoms with van der Waals surface area (Å²) < 4.78 is 51.7. The van der Waals surface area contributed by atoms with Crippen molar-refractivity contribution >= 4 is 5.82 Å². The number of aromatic nitrogens is 2. The first-order chi connectivity index (χ1) is 12.3. The molecule has 1 saturated heterocycles. The fraction of sp³-hybridized carbons (Fsp3) is 0.412. The fourth-order valence-corrected chi connectivity index (χ4v) is 3.07. The van der Waals surface area contributed by atoms with E-state index in [4.69, 9.17) is 0 Å². The SMILES string of the molecule is O=c1[nH]ccnc1N1CCCC(NCc2ccc(F)c(C(F)(F)F)c2)C1. The molecule has 5 nitrogen and oxygen atoms in total. The number of alkyl halides is 3. The van der Waals surface area contributed by atoms with Gasteiger partial charge in [0.05, 0.1) is 5.56 Å². The second kappa shape index (κ2) is 7.45. The zero-order chi connectivity index (χ0) is 18.7. The summed E-state index contributed by atoms with van der Waals surface area (Å²) >= 11 is 0. The van der Waals surface area contributed by atoms with Crippen LogP contribution in [0.1, 0.15) is 24.0 Å². The predicted octanol–water partition coefficient (Wildman–Crippen LogP) is 2.69. The van der Waals surface area contributed by atoms with Crippen molar-refractivity contribution in [1.29, 1.82) is 0 Å². The lowest BCUT2D eigenvalue weighted by atomic mass is 10.0. The Kier molecular flexibility index (Phi) is 5.26. The lowest BCUT2D eigenvalue weighted by Gasteiger charge is -2.33. The number of aromatic amines is 1. The molecule has 1 aromatic heterocycles. The summed E-state index contributed by atoms with van der Waals surface area (Å²) in [6, 6.07) is 2.98. The van der Waals surface area contributed by atoms with Gasteiger partial charge in [0.2, 0.25) is 0 Å². The van der Waals surface area contributed by atoms with Crippen molar-refractivity contribution in [1.82, 2.24) is 15.3 Å². The van der Waals surface area contributed by atoms with Gasteiger partial charge in [0.25, 0.3) is 5.56 Å². The van der Waals surface area contributed by atoms with Gasteiger partial charge >= 0.3 is 6.18 Å². The standard InChI is InChI=1S/C17H18F4N4O/c18-14-4-3-11(8-13(14)17(19,20)21)9-24-12-2-1-7-25(10-12)15-16(26)23-6-5-22-15/h3-6,8,12,24H,1-2,7,9-10H2,(H,23,26). The molecule has 140 valence electrons. The van der Waals surface area contributed by atoms with Crippen LogP contribution in [-0.2, 0) is 12.7 Å². The minimum Gasteiger partial charge on any atom is -0.350 e. The van der Waals surface area contributed by atoms with Gasteiger partial charge in [0.15, 0.2) is 5.82 Å². The van der Waals surface area contributed by atoms with E-state index in [-0.39, 0.29) is 18.1 Å². The van der Waals surface area contributed by atoms with E-state index >= 15 is 0 Å². The van der Waals surface area contributed by atoms with Crippen molar-refractivity contribution in [3.63, 3.8) is 0 Å². The highest BCUT2D eigenvalue weighted by Gasteiger charge is 2.34. The molecule has 1 fully saturated rings. The van der Waals surface area contributed by atoms with E-state index in [0.717, 1.165) is 25.0 Å². The number of halogens is 4. The maximum Gasteiger partial charge on any atom is 0.419 e. The van der Waals surface area contributed by atoms with Crippen LogP contribution in [0, 0.1) is 5.82 Å². The molecule has 0 radical (unpaired) electrons. The molecule has 2 heterocycles. The Morgan fingerprint density at radius 1 is 1.35 bits per heavy atom. The molecular weight excluding hydrogens is 352 g/mol. The first-order valence-electron chi connectivity index (χ1n) is 8.22. The van der Waals surface area contributed by atoms with E-state index in [1.807, 2.05) is 4.90 Å². The summed E-state index contributed by atoms with van der Waals surface area (Å²) in [5.74, 6) is -0.945. The second-order valence-electron chi connectivity index (χ2n) is 6.22. The topological polar surface area (TPSA) is 61.0 Å². The molecule has 9 heteroatoms. The number of piperidine rings is 1. The maximum absolute atomic E-state index is 13.4. The van der Waals surface area contributed by atoms with Gasteiger partial charge in [-0.05, 0) is 30.5 Å².